The summed E-state index contributed by atoms with van der Waals surface area (Å²) in [4.78, 5) is 21.1. The molecule has 0 aliphatic carbocycles. The number of hydrogen-bond donors (Lipinski definition) is 2. The van der Waals surface area contributed by atoms with E-state index in [9.17, 15) is 4.79 Å². The quantitative estimate of drug-likeness (QED) is 0.507. The highest BCUT2D eigenvalue weighted by Crippen LogP contribution is 2.20. The number of aromatic nitrogens is 4. The van der Waals surface area contributed by atoms with Crippen molar-refractivity contribution >= 4 is 34.7 Å². The van der Waals surface area contributed by atoms with Gasteiger partial charge in [0.25, 0.3) is 5.91 Å². The molecule has 0 atom stereocenters. The summed E-state index contributed by atoms with van der Waals surface area (Å²) in [6.45, 7) is 1.83. The second-order valence-electron chi connectivity index (χ2n) is 6.28. The van der Waals surface area contributed by atoms with Crippen LogP contribution >= 0.6 is 11.6 Å². The van der Waals surface area contributed by atoms with Crippen molar-refractivity contribution in [3.63, 3.8) is 0 Å². The third-order valence-corrected chi connectivity index (χ3v) is 4.30. The summed E-state index contributed by atoms with van der Waals surface area (Å²) < 4.78 is 1.67. The molecule has 0 radical (unpaired) electrons. The SMILES string of the molecule is Cc1nc(Nc2ccc(NC(=O)c3cccc(Cl)c3)cc2)cc(-n2cccn2)n1. The highest BCUT2D eigenvalue weighted by atomic mass is 35.5. The molecule has 144 valence electrons. The zero-order valence-corrected chi connectivity index (χ0v) is 16.3. The lowest BCUT2D eigenvalue weighted by Crippen LogP contribution is -2.11. The lowest BCUT2D eigenvalue weighted by atomic mass is 10.2. The van der Waals surface area contributed by atoms with Crippen LogP contribution in [0.3, 0.4) is 0 Å². The number of halogens is 1. The molecule has 2 aromatic carbocycles. The maximum absolute atomic E-state index is 12.3. The van der Waals surface area contributed by atoms with Crippen LogP contribution in [-0.4, -0.2) is 25.7 Å². The Morgan fingerprint density at radius 2 is 1.79 bits per heavy atom. The van der Waals surface area contributed by atoms with E-state index in [-0.39, 0.29) is 5.91 Å². The zero-order valence-electron chi connectivity index (χ0n) is 15.5. The molecule has 0 saturated carbocycles. The Morgan fingerprint density at radius 1 is 1.00 bits per heavy atom. The van der Waals surface area contributed by atoms with E-state index >= 15 is 0 Å². The van der Waals surface area contributed by atoms with Crippen molar-refractivity contribution < 1.29 is 4.79 Å². The number of carbonyl (C=O) groups is 1. The van der Waals surface area contributed by atoms with Gasteiger partial charge in [0.1, 0.15) is 11.6 Å². The van der Waals surface area contributed by atoms with Gasteiger partial charge in [0.2, 0.25) is 0 Å². The molecular formula is C21H17ClN6O. The molecule has 0 spiro atoms. The second kappa shape index (κ2) is 8.12. The summed E-state index contributed by atoms with van der Waals surface area (Å²) in [5.41, 5.74) is 2.01. The molecule has 4 aromatic rings. The first-order valence-corrected chi connectivity index (χ1v) is 9.24. The van der Waals surface area contributed by atoms with Crippen LogP contribution in [0.2, 0.25) is 5.02 Å². The van der Waals surface area contributed by atoms with Gasteiger partial charge in [-0.3, -0.25) is 4.79 Å². The standard InChI is InChI=1S/C21H17ClN6O/c1-14-24-19(13-20(25-14)28-11-3-10-23-28)26-17-6-8-18(9-7-17)27-21(29)15-4-2-5-16(22)12-15/h2-13H,1H3,(H,27,29)(H,24,25,26). The van der Waals surface area contributed by atoms with E-state index in [0.29, 0.717) is 33.7 Å². The van der Waals surface area contributed by atoms with Gasteiger partial charge in [0, 0.05) is 40.4 Å². The molecule has 1 amide bonds. The summed E-state index contributed by atoms with van der Waals surface area (Å²) in [6.07, 6.45) is 3.52. The van der Waals surface area contributed by atoms with Crippen LogP contribution in [0.5, 0.6) is 0 Å². The number of aryl methyl sites for hydroxylation is 1. The Kier molecular flexibility index (Phi) is 5.22. The highest BCUT2D eigenvalue weighted by Gasteiger charge is 2.08. The van der Waals surface area contributed by atoms with Crippen molar-refractivity contribution in [2.45, 2.75) is 6.92 Å². The molecule has 29 heavy (non-hydrogen) atoms. The molecule has 0 unspecified atom stereocenters. The average molecular weight is 405 g/mol. The number of rotatable bonds is 5. The first kappa shape index (κ1) is 18.6. The lowest BCUT2D eigenvalue weighted by Gasteiger charge is -2.10. The van der Waals surface area contributed by atoms with Crippen molar-refractivity contribution in [1.82, 2.24) is 19.7 Å². The predicted molar refractivity (Wildman–Crippen MR) is 113 cm³/mol. The summed E-state index contributed by atoms with van der Waals surface area (Å²) in [6, 6.07) is 17.8. The molecule has 2 aromatic heterocycles. The van der Waals surface area contributed by atoms with Gasteiger partial charge in [0.15, 0.2) is 5.82 Å². The van der Waals surface area contributed by atoms with Crippen molar-refractivity contribution in [3.05, 3.63) is 89.5 Å². The van der Waals surface area contributed by atoms with Gasteiger partial charge in [-0.25, -0.2) is 14.6 Å². The van der Waals surface area contributed by atoms with E-state index in [1.807, 2.05) is 49.5 Å². The molecular weight excluding hydrogens is 388 g/mol. The smallest absolute Gasteiger partial charge is 0.255 e. The molecule has 0 bridgehead atoms. The molecule has 2 N–H and O–H groups in total. The topological polar surface area (TPSA) is 84.7 Å². The number of benzene rings is 2. The normalized spacial score (nSPS) is 10.6. The molecule has 0 saturated heterocycles. The fourth-order valence-corrected chi connectivity index (χ4v) is 2.95. The van der Waals surface area contributed by atoms with E-state index in [1.54, 1.807) is 35.1 Å². The van der Waals surface area contributed by atoms with E-state index < -0.39 is 0 Å². The van der Waals surface area contributed by atoms with Gasteiger partial charge in [-0.1, -0.05) is 17.7 Å². The van der Waals surface area contributed by atoms with Gasteiger partial charge in [-0.05, 0) is 55.5 Å². The third-order valence-electron chi connectivity index (χ3n) is 4.07. The first-order valence-electron chi connectivity index (χ1n) is 8.86. The van der Waals surface area contributed by atoms with Crippen LogP contribution in [0, 0.1) is 6.92 Å². The zero-order chi connectivity index (χ0) is 20.2. The molecule has 4 rings (SSSR count). The van der Waals surface area contributed by atoms with Crippen LogP contribution in [-0.2, 0) is 0 Å². The summed E-state index contributed by atoms with van der Waals surface area (Å²) in [5, 5.41) is 10.8. The van der Waals surface area contributed by atoms with Crippen molar-refractivity contribution in [2.24, 2.45) is 0 Å². The van der Waals surface area contributed by atoms with Gasteiger partial charge in [-0.2, -0.15) is 5.10 Å². The minimum atomic E-state index is -0.219. The second-order valence-corrected chi connectivity index (χ2v) is 6.71. The molecule has 0 aliphatic rings. The number of hydrogen-bond acceptors (Lipinski definition) is 5. The Morgan fingerprint density at radius 3 is 2.52 bits per heavy atom. The van der Waals surface area contributed by atoms with Crippen LogP contribution in [0.15, 0.2) is 73.1 Å². The first-order chi connectivity index (χ1) is 14.1. The Bertz CT molecular complexity index is 1140. The molecule has 0 aliphatic heterocycles. The Balaban J connectivity index is 1.47. The number of nitrogens with zero attached hydrogens (tertiary/aromatic N) is 4. The Hall–Kier alpha value is -3.71. The van der Waals surface area contributed by atoms with Crippen molar-refractivity contribution in [3.8, 4) is 5.82 Å². The highest BCUT2D eigenvalue weighted by molar-refractivity contribution is 6.31. The summed E-state index contributed by atoms with van der Waals surface area (Å²) in [5.74, 6) is 1.74. The minimum absolute atomic E-state index is 0.219. The number of carbonyl (C=O) groups excluding carboxylic acids is 1. The van der Waals surface area contributed by atoms with Gasteiger partial charge in [0.05, 0.1) is 0 Å². The number of anilines is 3. The van der Waals surface area contributed by atoms with Gasteiger partial charge >= 0.3 is 0 Å². The van der Waals surface area contributed by atoms with E-state index in [1.165, 1.54) is 0 Å². The van der Waals surface area contributed by atoms with Crippen molar-refractivity contribution in [1.29, 1.82) is 0 Å². The lowest BCUT2D eigenvalue weighted by molar-refractivity contribution is 0.102. The largest absolute Gasteiger partial charge is 0.340 e. The van der Waals surface area contributed by atoms with Gasteiger partial charge < -0.3 is 10.6 Å². The average Bonchev–Trinajstić information content (AvgIpc) is 3.24. The summed E-state index contributed by atoms with van der Waals surface area (Å²) in [7, 11) is 0. The van der Waals surface area contributed by atoms with E-state index in [4.69, 9.17) is 11.6 Å². The fourth-order valence-electron chi connectivity index (χ4n) is 2.76. The van der Waals surface area contributed by atoms with Gasteiger partial charge in [-0.15, -0.1) is 0 Å². The third kappa shape index (κ3) is 4.59. The predicted octanol–water partition coefficient (Wildman–Crippen LogP) is 4.62. The summed E-state index contributed by atoms with van der Waals surface area (Å²) >= 11 is 5.94. The van der Waals surface area contributed by atoms with Crippen LogP contribution in [0.4, 0.5) is 17.2 Å². The maximum Gasteiger partial charge on any atom is 0.255 e. The van der Waals surface area contributed by atoms with Crippen LogP contribution < -0.4 is 10.6 Å². The number of nitrogens with one attached hydrogen (secondary N) is 2. The maximum atomic E-state index is 12.3. The monoisotopic (exact) mass is 404 g/mol. The number of amides is 1. The van der Waals surface area contributed by atoms with E-state index in [2.05, 4.69) is 25.7 Å². The fraction of sp³-hybridized carbons (Fsp3) is 0.0476. The van der Waals surface area contributed by atoms with Crippen molar-refractivity contribution in [2.75, 3.05) is 10.6 Å². The minimum Gasteiger partial charge on any atom is -0.340 e. The molecule has 2 heterocycles. The van der Waals surface area contributed by atoms with E-state index in [0.717, 1.165) is 5.69 Å². The molecule has 0 fully saturated rings. The molecule has 8 heteroatoms. The van der Waals surface area contributed by atoms with Crippen LogP contribution in [0.1, 0.15) is 16.2 Å². The van der Waals surface area contributed by atoms with Crippen LogP contribution in [0.25, 0.3) is 5.82 Å². The molecule has 7 nitrogen and oxygen atoms in total. The Labute approximate surface area is 172 Å².